The Labute approximate surface area is 166 Å². The van der Waals surface area contributed by atoms with Crippen molar-refractivity contribution in [1.29, 1.82) is 0 Å². The van der Waals surface area contributed by atoms with E-state index in [1.54, 1.807) is 67.7 Å². The summed E-state index contributed by atoms with van der Waals surface area (Å²) >= 11 is 0. The number of primary amides is 1. The van der Waals surface area contributed by atoms with E-state index < -0.39 is 5.91 Å². The number of carbonyl (C=O) groups excluding carboxylic acids is 1. The number of aromatic nitrogens is 3. The molecule has 144 valence electrons. The molecule has 0 radical (unpaired) electrons. The Kier molecular flexibility index (Phi) is 4.56. The summed E-state index contributed by atoms with van der Waals surface area (Å²) in [6, 6.07) is 15.6. The third kappa shape index (κ3) is 3.34. The number of halogens is 1. The summed E-state index contributed by atoms with van der Waals surface area (Å²) in [5.41, 5.74) is 15.4. The highest BCUT2D eigenvalue weighted by atomic mass is 19.1. The maximum absolute atomic E-state index is 15.0. The average molecular weight is 387 g/mol. The number of anilines is 1. The van der Waals surface area contributed by atoms with Crippen molar-refractivity contribution in [3.63, 3.8) is 0 Å². The number of rotatable bonds is 4. The molecule has 0 aliphatic heterocycles. The van der Waals surface area contributed by atoms with E-state index >= 15 is 0 Å². The van der Waals surface area contributed by atoms with Crippen LogP contribution in [0.1, 0.15) is 15.9 Å². The molecule has 7 heteroatoms. The van der Waals surface area contributed by atoms with Gasteiger partial charge in [0.1, 0.15) is 5.82 Å². The van der Waals surface area contributed by atoms with E-state index in [2.05, 4.69) is 15.0 Å². The van der Waals surface area contributed by atoms with Gasteiger partial charge in [0.05, 0.1) is 17.1 Å². The van der Waals surface area contributed by atoms with Crippen LogP contribution in [0.2, 0.25) is 0 Å². The van der Waals surface area contributed by atoms with Crippen LogP contribution in [0, 0.1) is 12.7 Å². The summed E-state index contributed by atoms with van der Waals surface area (Å²) in [5.74, 6) is -0.786. The van der Waals surface area contributed by atoms with Crippen molar-refractivity contribution >= 4 is 11.9 Å². The maximum Gasteiger partial charge on any atom is 0.249 e. The average Bonchev–Trinajstić information content (AvgIpc) is 3.15. The lowest BCUT2D eigenvalue weighted by Gasteiger charge is -2.10. The van der Waals surface area contributed by atoms with E-state index in [9.17, 15) is 9.18 Å². The highest BCUT2D eigenvalue weighted by molar-refractivity contribution is 6.02. The number of nitrogens with zero attached hydrogens (tertiary/aromatic N) is 2. The van der Waals surface area contributed by atoms with Crippen molar-refractivity contribution in [2.75, 3.05) is 5.73 Å². The minimum Gasteiger partial charge on any atom is -0.368 e. The van der Waals surface area contributed by atoms with Gasteiger partial charge in [-0.15, -0.1) is 0 Å². The SMILES string of the molecule is Cc1cccc(-c2[nH]c(-c3ccnc(N)n3)cc2-c2ccccc2C(N)=O)c1F. The van der Waals surface area contributed by atoms with Crippen LogP contribution in [0.25, 0.3) is 33.8 Å². The van der Waals surface area contributed by atoms with E-state index in [0.29, 0.717) is 44.9 Å². The molecule has 0 atom stereocenters. The van der Waals surface area contributed by atoms with E-state index in [1.807, 2.05) is 0 Å². The molecule has 0 aliphatic carbocycles. The summed E-state index contributed by atoms with van der Waals surface area (Å²) in [6.07, 6.45) is 1.54. The normalized spacial score (nSPS) is 10.8. The lowest BCUT2D eigenvalue weighted by molar-refractivity contribution is 0.100. The first-order chi connectivity index (χ1) is 14.0. The Morgan fingerprint density at radius 1 is 1.03 bits per heavy atom. The molecule has 0 saturated heterocycles. The Morgan fingerprint density at radius 2 is 1.79 bits per heavy atom. The van der Waals surface area contributed by atoms with Crippen molar-refractivity contribution in [3.05, 3.63) is 77.7 Å². The van der Waals surface area contributed by atoms with Gasteiger partial charge in [0.2, 0.25) is 11.9 Å². The molecule has 6 nitrogen and oxygen atoms in total. The lowest BCUT2D eigenvalue weighted by Crippen LogP contribution is -2.12. The zero-order chi connectivity index (χ0) is 20.5. The predicted octanol–water partition coefficient (Wildman–Crippen LogP) is 3.93. The minimum absolute atomic E-state index is 0.125. The number of nitrogens with one attached hydrogen (secondary N) is 1. The molecule has 0 aliphatic rings. The molecule has 2 aromatic heterocycles. The molecule has 1 amide bonds. The van der Waals surface area contributed by atoms with Crippen LogP contribution in [0.5, 0.6) is 0 Å². The molecule has 0 unspecified atom stereocenters. The standard InChI is InChI=1S/C22H18FN5O/c1-12-5-4-8-15(19(12)23)20-16(13-6-2-3-7-14(13)21(24)29)11-18(27-20)17-9-10-26-22(25)28-17/h2-11,27H,1H3,(H2,24,29)(H2,25,26,28). The maximum atomic E-state index is 15.0. The number of nitrogens with two attached hydrogens (primary N) is 2. The minimum atomic E-state index is -0.565. The van der Waals surface area contributed by atoms with Gasteiger partial charge >= 0.3 is 0 Å². The smallest absolute Gasteiger partial charge is 0.249 e. The van der Waals surface area contributed by atoms with E-state index in [0.717, 1.165) is 0 Å². The molecule has 4 aromatic rings. The molecule has 0 saturated carbocycles. The van der Waals surface area contributed by atoms with Gasteiger partial charge in [-0.1, -0.05) is 30.3 Å². The second-order valence-electron chi connectivity index (χ2n) is 6.62. The van der Waals surface area contributed by atoms with Gasteiger partial charge in [-0.05, 0) is 42.3 Å². The monoisotopic (exact) mass is 387 g/mol. The van der Waals surface area contributed by atoms with Gasteiger partial charge in [0.15, 0.2) is 0 Å². The molecule has 0 spiro atoms. The second-order valence-corrected chi connectivity index (χ2v) is 6.62. The van der Waals surface area contributed by atoms with Crippen molar-refractivity contribution in [1.82, 2.24) is 15.0 Å². The van der Waals surface area contributed by atoms with Crippen LogP contribution in [-0.4, -0.2) is 20.9 Å². The van der Waals surface area contributed by atoms with Gasteiger partial charge in [-0.2, -0.15) is 0 Å². The molecule has 2 heterocycles. The highest BCUT2D eigenvalue weighted by Crippen LogP contribution is 2.38. The second kappa shape index (κ2) is 7.20. The van der Waals surface area contributed by atoms with Crippen LogP contribution in [-0.2, 0) is 0 Å². The fourth-order valence-corrected chi connectivity index (χ4v) is 3.31. The lowest BCUT2D eigenvalue weighted by atomic mass is 9.95. The molecule has 4 rings (SSSR count). The fourth-order valence-electron chi connectivity index (χ4n) is 3.31. The number of H-pyrrole nitrogens is 1. The molecular formula is C22H18FN5O. The van der Waals surface area contributed by atoms with Crippen molar-refractivity contribution in [2.24, 2.45) is 5.73 Å². The Balaban J connectivity index is 2.02. The van der Waals surface area contributed by atoms with Gasteiger partial charge in [-0.25, -0.2) is 14.4 Å². The first kappa shape index (κ1) is 18.4. The molecular weight excluding hydrogens is 369 g/mol. The van der Waals surface area contributed by atoms with Crippen molar-refractivity contribution in [2.45, 2.75) is 6.92 Å². The largest absolute Gasteiger partial charge is 0.368 e. The third-order valence-corrected chi connectivity index (χ3v) is 4.71. The van der Waals surface area contributed by atoms with Crippen LogP contribution >= 0.6 is 0 Å². The van der Waals surface area contributed by atoms with Crippen LogP contribution in [0.3, 0.4) is 0 Å². The van der Waals surface area contributed by atoms with Crippen LogP contribution in [0.15, 0.2) is 60.8 Å². The van der Waals surface area contributed by atoms with Crippen molar-refractivity contribution in [3.8, 4) is 33.8 Å². The Bertz CT molecular complexity index is 1230. The van der Waals surface area contributed by atoms with E-state index in [4.69, 9.17) is 11.5 Å². The molecule has 5 N–H and O–H groups in total. The number of hydrogen-bond donors (Lipinski definition) is 3. The molecule has 0 bridgehead atoms. The van der Waals surface area contributed by atoms with Gasteiger partial charge in [-0.3, -0.25) is 4.79 Å². The first-order valence-corrected chi connectivity index (χ1v) is 8.92. The molecule has 2 aromatic carbocycles. The molecule has 29 heavy (non-hydrogen) atoms. The summed E-state index contributed by atoms with van der Waals surface area (Å²) in [5, 5.41) is 0. The van der Waals surface area contributed by atoms with E-state index in [-0.39, 0.29) is 11.8 Å². The van der Waals surface area contributed by atoms with Gasteiger partial charge < -0.3 is 16.5 Å². The number of carbonyl (C=O) groups is 1. The number of hydrogen-bond acceptors (Lipinski definition) is 4. The first-order valence-electron chi connectivity index (χ1n) is 8.92. The number of aromatic amines is 1. The van der Waals surface area contributed by atoms with Crippen molar-refractivity contribution < 1.29 is 9.18 Å². The zero-order valence-electron chi connectivity index (χ0n) is 15.6. The topological polar surface area (TPSA) is 111 Å². The number of nitrogen functional groups attached to an aromatic ring is 1. The van der Waals surface area contributed by atoms with Gasteiger partial charge in [0, 0.05) is 22.9 Å². The Morgan fingerprint density at radius 3 is 2.55 bits per heavy atom. The Hall–Kier alpha value is -4.00. The number of benzene rings is 2. The predicted molar refractivity (Wildman–Crippen MR) is 110 cm³/mol. The quantitative estimate of drug-likeness (QED) is 0.492. The summed E-state index contributed by atoms with van der Waals surface area (Å²) < 4.78 is 15.0. The van der Waals surface area contributed by atoms with Crippen LogP contribution < -0.4 is 11.5 Å². The van der Waals surface area contributed by atoms with Crippen LogP contribution in [0.4, 0.5) is 10.3 Å². The summed E-state index contributed by atoms with van der Waals surface area (Å²) in [4.78, 5) is 23.4. The van der Waals surface area contributed by atoms with Gasteiger partial charge in [0.25, 0.3) is 0 Å². The van der Waals surface area contributed by atoms with E-state index in [1.165, 1.54) is 0 Å². The number of amides is 1. The molecule has 0 fully saturated rings. The fraction of sp³-hybridized carbons (Fsp3) is 0.0455. The zero-order valence-corrected chi connectivity index (χ0v) is 15.6. The third-order valence-electron chi connectivity index (χ3n) is 4.71. The highest BCUT2D eigenvalue weighted by Gasteiger charge is 2.20. The summed E-state index contributed by atoms with van der Waals surface area (Å²) in [6.45, 7) is 1.70. The number of aryl methyl sites for hydroxylation is 1. The summed E-state index contributed by atoms with van der Waals surface area (Å²) in [7, 11) is 0.